The molecular formula is C19H14Cl2N2O3. The number of rotatable bonds is 3. The second-order valence-corrected chi connectivity index (χ2v) is 6.19. The van der Waals surface area contributed by atoms with Gasteiger partial charge in [0.1, 0.15) is 16.4 Å². The molecule has 0 aliphatic rings. The van der Waals surface area contributed by atoms with Crippen LogP contribution in [0.3, 0.4) is 0 Å². The van der Waals surface area contributed by atoms with E-state index >= 15 is 0 Å². The van der Waals surface area contributed by atoms with Crippen molar-refractivity contribution in [1.82, 2.24) is 9.97 Å². The Morgan fingerprint density at radius 2 is 1.42 bits per heavy atom. The van der Waals surface area contributed by atoms with Crippen LogP contribution in [0.4, 0.5) is 0 Å². The molecular weight excluding hydrogens is 375 g/mol. The number of aromatic nitrogens is 2. The van der Waals surface area contributed by atoms with Crippen molar-refractivity contribution in [2.75, 3.05) is 7.11 Å². The number of aromatic amines is 2. The van der Waals surface area contributed by atoms with E-state index in [9.17, 15) is 9.59 Å². The molecule has 0 fully saturated rings. The lowest BCUT2D eigenvalue weighted by Crippen LogP contribution is -2.46. The van der Waals surface area contributed by atoms with Crippen LogP contribution in [-0.4, -0.2) is 17.1 Å². The van der Waals surface area contributed by atoms with E-state index in [1.54, 1.807) is 36.4 Å². The van der Waals surface area contributed by atoms with Crippen molar-refractivity contribution >= 4 is 35.4 Å². The van der Waals surface area contributed by atoms with Crippen molar-refractivity contribution in [2.24, 2.45) is 0 Å². The topological polar surface area (TPSA) is 75.0 Å². The maximum Gasteiger partial charge on any atom is 0.272 e. The van der Waals surface area contributed by atoms with Gasteiger partial charge in [0.05, 0.1) is 17.2 Å². The highest BCUT2D eigenvalue weighted by molar-refractivity contribution is 6.42. The van der Waals surface area contributed by atoms with E-state index in [2.05, 4.69) is 9.97 Å². The van der Waals surface area contributed by atoms with Gasteiger partial charge in [-0.05, 0) is 29.8 Å². The molecule has 3 rings (SSSR count). The Bertz CT molecular complexity index is 1200. The molecule has 0 amide bonds. The lowest BCUT2D eigenvalue weighted by Gasteiger charge is -2.03. The first-order valence-electron chi connectivity index (χ1n) is 7.62. The van der Waals surface area contributed by atoms with Crippen molar-refractivity contribution in [2.45, 2.75) is 0 Å². The van der Waals surface area contributed by atoms with E-state index in [0.29, 0.717) is 26.9 Å². The molecule has 1 aromatic heterocycles. The maximum atomic E-state index is 12.4. The quantitative estimate of drug-likeness (QED) is 0.720. The second-order valence-electron chi connectivity index (χ2n) is 5.41. The fourth-order valence-electron chi connectivity index (χ4n) is 2.42. The van der Waals surface area contributed by atoms with Crippen LogP contribution in [0.2, 0.25) is 10.0 Å². The first kappa shape index (κ1) is 18.0. The fourth-order valence-corrected chi connectivity index (χ4v) is 2.79. The number of para-hydroxylation sites is 1. The Morgan fingerprint density at radius 3 is 2.08 bits per heavy atom. The van der Waals surface area contributed by atoms with Gasteiger partial charge in [0, 0.05) is 5.56 Å². The Labute approximate surface area is 158 Å². The van der Waals surface area contributed by atoms with Crippen molar-refractivity contribution in [3.63, 3.8) is 0 Å². The third-order valence-corrected chi connectivity index (χ3v) is 4.54. The largest absolute Gasteiger partial charge is 0.496 e. The van der Waals surface area contributed by atoms with Crippen molar-refractivity contribution in [3.8, 4) is 5.75 Å². The molecule has 0 aliphatic carbocycles. The van der Waals surface area contributed by atoms with Crippen molar-refractivity contribution in [3.05, 3.63) is 95.0 Å². The summed E-state index contributed by atoms with van der Waals surface area (Å²) in [4.78, 5) is 29.9. The van der Waals surface area contributed by atoms with Gasteiger partial charge in [0.15, 0.2) is 0 Å². The third-order valence-electron chi connectivity index (χ3n) is 3.71. The molecule has 0 saturated heterocycles. The first-order valence-corrected chi connectivity index (χ1v) is 8.38. The van der Waals surface area contributed by atoms with Crippen LogP contribution >= 0.6 is 23.2 Å². The molecule has 1 heterocycles. The molecule has 0 spiro atoms. The average Bonchev–Trinajstić information content (AvgIpc) is 2.63. The van der Waals surface area contributed by atoms with Crippen LogP contribution in [0.25, 0.3) is 12.2 Å². The van der Waals surface area contributed by atoms with Gasteiger partial charge in [-0.3, -0.25) is 9.59 Å². The lowest BCUT2D eigenvalue weighted by atomic mass is 10.2. The maximum absolute atomic E-state index is 12.4. The molecule has 0 radical (unpaired) electrons. The molecule has 3 aromatic rings. The number of ether oxygens (including phenoxy) is 1. The second kappa shape index (κ2) is 7.64. The molecule has 7 heteroatoms. The number of hydrogen-bond donors (Lipinski definition) is 2. The summed E-state index contributed by atoms with van der Waals surface area (Å²) >= 11 is 12.1. The predicted octanol–water partition coefficient (Wildman–Crippen LogP) is 2.04. The molecule has 2 N–H and O–H groups in total. The average molecular weight is 389 g/mol. The van der Waals surface area contributed by atoms with Crippen molar-refractivity contribution < 1.29 is 4.74 Å². The molecule has 0 bridgehead atoms. The summed E-state index contributed by atoms with van der Waals surface area (Å²) in [7, 11) is 1.53. The minimum absolute atomic E-state index is 0.0799. The summed E-state index contributed by atoms with van der Waals surface area (Å²) in [6.07, 6.45) is 3.02. The minimum Gasteiger partial charge on any atom is -0.496 e. The first-order chi connectivity index (χ1) is 12.5. The Morgan fingerprint density at radius 1 is 0.846 bits per heavy atom. The summed E-state index contributed by atoms with van der Waals surface area (Å²) in [6, 6.07) is 12.2. The fraction of sp³-hybridized carbons (Fsp3) is 0.0526. The van der Waals surface area contributed by atoms with Crippen LogP contribution in [0.15, 0.2) is 52.1 Å². The number of hydrogen-bond acceptors (Lipinski definition) is 3. The molecule has 0 unspecified atom stereocenters. The Hall–Kier alpha value is -2.76. The zero-order valence-corrected chi connectivity index (χ0v) is 15.2. The monoisotopic (exact) mass is 388 g/mol. The standard InChI is InChI=1S/C19H14Cl2N2O3/c1-26-16-8-3-2-5-11(16)9-14-18(24)23-15(19(25)22-14)10-12-6-4-7-13(20)17(12)21/h2-10H,1H3,(H,22,25)(H,23,24)/b14-9+,15-10+. The van der Waals surface area contributed by atoms with Gasteiger partial charge in [0.25, 0.3) is 11.1 Å². The third kappa shape index (κ3) is 3.74. The van der Waals surface area contributed by atoms with Gasteiger partial charge in [-0.15, -0.1) is 0 Å². The predicted molar refractivity (Wildman–Crippen MR) is 104 cm³/mol. The zero-order valence-electron chi connectivity index (χ0n) is 13.7. The highest BCUT2D eigenvalue weighted by Gasteiger charge is 2.04. The Kier molecular flexibility index (Phi) is 5.30. The summed E-state index contributed by atoms with van der Waals surface area (Å²) in [5, 5.41) is 0.865. The molecule has 0 atom stereocenters. The van der Waals surface area contributed by atoms with Gasteiger partial charge in [-0.25, -0.2) is 0 Å². The van der Waals surface area contributed by atoms with E-state index < -0.39 is 11.1 Å². The van der Waals surface area contributed by atoms with E-state index in [1.165, 1.54) is 13.2 Å². The van der Waals surface area contributed by atoms with Crippen molar-refractivity contribution in [1.29, 1.82) is 0 Å². The van der Waals surface area contributed by atoms with Gasteiger partial charge in [-0.1, -0.05) is 53.5 Å². The zero-order chi connectivity index (χ0) is 18.7. The summed E-state index contributed by atoms with van der Waals surface area (Å²) in [5.74, 6) is 0.592. The number of methoxy groups -OCH3 is 1. The van der Waals surface area contributed by atoms with Crippen LogP contribution in [-0.2, 0) is 0 Å². The lowest BCUT2D eigenvalue weighted by molar-refractivity contribution is 0.414. The van der Waals surface area contributed by atoms with E-state index in [-0.39, 0.29) is 10.7 Å². The van der Waals surface area contributed by atoms with Crippen LogP contribution in [0, 0.1) is 0 Å². The molecule has 26 heavy (non-hydrogen) atoms. The van der Waals surface area contributed by atoms with E-state index in [1.807, 2.05) is 12.1 Å². The number of benzene rings is 2. The SMILES string of the molecule is COc1ccccc1/C=c1/[nH]c(=O)/c(=C\c2cccc(Cl)c2Cl)[nH]c1=O. The highest BCUT2D eigenvalue weighted by Crippen LogP contribution is 2.25. The smallest absolute Gasteiger partial charge is 0.272 e. The summed E-state index contributed by atoms with van der Waals surface area (Å²) < 4.78 is 5.25. The number of nitrogens with one attached hydrogen (secondary N) is 2. The normalized spacial score (nSPS) is 12.4. The molecule has 2 aromatic carbocycles. The van der Waals surface area contributed by atoms with Gasteiger partial charge in [-0.2, -0.15) is 0 Å². The van der Waals surface area contributed by atoms with Crippen LogP contribution in [0.1, 0.15) is 11.1 Å². The molecule has 0 aliphatic heterocycles. The van der Waals surface area contributed by atoms with Gasteiger partial charge < -0.3 is 14.7 Å². The minimum atomic E-state index is -0.457. The van der Waals surface area contributed by atoms with E-state index in [4.69, 9.17) is 27.9 Å². The van der Waals surface area contributed by atoms with Gasteiger partial charge in [0.2, 0.25) is 0 Å². The van der Waals surface area contributed by atoms with Gasteiger partial charge >= 0.3 is 0 Å². The van der Waals surface area contributed by atoms with E-state index in [0.717, 1.165) is 0 Å². The number of halogens is 2. The molecule has 5 nitrogen and oxygen atoms in total. The summed E-state index contributed by atoms with van der Waals surface area (Å²) in [5.41, 5.74) is 0.300. The van der Waals surface area contributed by atoms with Crippen LogP contribution in [0.5, 0.6) is 5.75 Å². The summed E-state index contributed by atoms with van der Waals surface area (Å²) in [6.45, 7) is 0. The molecule has 132 valence electrons. The number of H-pyrrole nitrogens is 2. The highest BCUT2D eigenvalue weighted by atomic mass is 35.5. The Balaban J connectivity index is 2.17. The van der Waals surface area contributed by atoms with Crippen LogP contribution < -0.4 is 26.6 Å². The molecule has 0 saturated carbocycles.